The average molecular weight is 446 g/mol. The van der Waals surface area contributed by atoms with Gasteiger partial charge >= 0.3 is 0 Å². The predicted octanol–water partition coefficient (Wildman–Crippen LogP) is 4.00. The number of halogens is 1. The minimum atomic E-state index is -3.87. The van der Waals surface area contributed by atoms with Crippen molar-refractivity contribution in [2.45, 2.75) is 49.5 Å². The molecule has 0 unspecified atom stereocenters. The molecule has 31 heavy (non-hydrogen) atoms. The second-order valence-electron chi connectivity index (χ2n) is 8.17. The van der Waals surface area contributed by atoms with Gasteiger partial charge in [0.2, 0.25) is 15.9 Å². The number of nitrogens with one attached hydrogen (secondary N) is 1. The maximum atomic E-state index is 13.2. The molecule has 2 fully saturated rings. The average Bonchev–Trinajstić information content (AvgIpc) is 3.12. The molecule has 2 aliphatic heterocycles. The van der Waals surface area contributed by atoms with Gasteiger partial charge < -0.3 is 10.2 Å². The molecule has 1 N–H and O–H groups in total. The van der Waals surface area contributed by atoms with E-state index in [1.54, 1.807) is 0 Å². The first-order valence-corrected chi connectivity index (χ1v) is 12.3. The smallest absolute Gasteiger partial charge is 0.243 e. The Balaban J connectivity index is 1.44. The van der Waals surface area contributed by atoms with E-state index in [1.165, 1.54) is 42.1 Å². The topological polar surface area (TPSA) is 69.7 Å². The predicted molar refractivity (Wildman–Crippen MR) is 119 cm³/mol. The van der Waals surface area contributed by atoms with E-state index in [0.29, 0.717) is 18.5 Å². The molecule has 0 radical (unpaired) electrons. The third-order valence-corrected chi connectivity index (χ3v) is 7.96. The molecule has 2 aromatic carbocycles. The summed E-state index contributed by atoms with van der Waals surface area (Å²) in [6.45, 7) is 2.36. The fraction of sp³-hybridized carbons (Fsp3) is 0.435. The number of carbonyl (C=O) groups excluding carboxylic acids is 1. The van der Waals surface area contributed by atoms with Crippen molar-refractivity contribution in [1.82, 2.24) is 4.31 Å². The Morgan fingerprint density at radius 3 is 2.16 bits per heavy atom. The summed E-state index contributed by atoms with van der Waals surface area (Å²) in [5, 5.41) is 2.87. The molecule has 0 aromatic heterocycles. The minimum absolute atomic E-state index is 0.00426. The zero-order valence-electron chi connectivity index (χ0n) is 17.5. The maximum absolute atomic E-state index is 13.2. The third kappa shape index (κ3) is 4.91. The molecule has 2 saturated heterocycles. The zero-order chi connectivity index (χ0) is 21.8. The van der Waals surface area contributed by atoms with Gasteiger partial charge in [-0.15, -0.1) is 0 Å². The Morgan fingerprint density at radius 1 is 0.871 bits per heavy atom. The number of rotatable bonds is 5. The number of amides is 1. The SMILES string of the molecule is O=C(Nc1ccc(N2CCCCCC2)cc1)[C@H]1CCCN1S(=O)(=O)c1ccc(F)cc1. The number of hydrogen-bond acceptors (Lipinski definition) is 4. The molecule has 2 aliphatic rings. The van der Waals surface area contributed by atoms with Crippen LogP contribution < -0.4 is 10.2 Å². The van der Waals surface area contributed by atoms with Crippen molar-refractivity contribution in [3.8, 4) is 0 Å². The van der Waals surface area contributed by atoms with E-state index in [0.717, 1.165) is 30.9 Å². The Labute approximate surface area is 183 Å². The standard InChI is InChI=1S/C23H28FN3O3S/c24-18-7-13-21(14-8-18)31(29,30)27-17-5-6-22(27)23(28)25-19-9-11-20(12-10-19)26-15-3-1-2-4-16-26/h7-14,22H,1-6,15-17H2,(H,25,28)/t22-/m1/s1. The van der Waals surface area contributed by atoms with E-state index in [-0.39, 0.29) is 17.3 Å². The van der Waals surface area contributed by atoms with Gasteiger partial charge in [0.15, 0.2) is 0 Å². The zero-order valence-corrected chi connectivity index (χ0v) is 18.3. The number of nitrogens with zero attached hydrogens (tertiary/aromatic N) is 2. The van der Waals surface area contributed by atoms with Crippen molar-refractivity contribution in [3.05, 3.63) is 54.3 Å². The normalized spacial score (nSPS) is 20.4. The molecule has 1 atom stereocenters. The summed E-state index contributed by atoms with van der Waals surface area (Å²) in [5.41, 5.74) is 1.79. The molecular formula is C23H28FN3O3S. The molecule has 1 amide bonds. The summed E-state index contributed by atoms with van der Waals surface area (Å²) in [6.07, 6.45) is 5.98. The Bertz CT molecular complexity index is 1000. The lowest BCUT2D eigenvalue weighted by molar-refractivity contribution is -0.119. The first kappa shape index (κ1) is 21.8. The summed E-state index contributed by atoms with van der Waals surface area (Å²) in [6, 6.07) is 11.7. The lowest BCUT2D eigenvalue weighted by Crippen LogP contribution is -2.43. The molecule has 6 nitrogen and oxygen atoms in total. The highest BCUT2D eigenvalue weighted by Crippen LogP contribution is 2.28. The van der Waals surface area contributed by atoms with Crippen LogP contribution >= 0.6 is 0 Å². The van der Waals surface area contributed by atoms with Crippen LogP contribution in [-0.2, 0) is 14.8 Å². The van der Waals surface area contributed by atoms with Crippen molar-refractivity contribution < 1.29 is 17.6 Å². The van der Waals surface area contributed by atoms with E-state index in [9.17, 15) is 17.6 Å². The number of hydrogen-bond donors (Lipinski definition) is 1. The number of sulfonamides is 1. The van der Waals surface area contributed by atoms with E-state index in [2.05, 4.69) is 10.2 Å². The van der Waals surface area contributed by atoms with Crippen molar-refractivity contribution in [3.63, 3.8) is 0 Å². The molecule has 166 valence electrons. The van der Waals surface area contributed by atoms with Crippen LogP contribution in [0.15, 0.2) is 53.4 Å². The number of anilines is 2. The second kappa shape index (κ2) is 9.36. The van der Waals surface area contributed by atoms with Crippen LogP contribution in [0.5, 0.6) is 0 Å². The quantitative estimate of drug-likeness (QED) is 0.755. The van der Waals surface area contributed by atoms with Crippen LogP contribution in [0.1, 0.15) is 38.5 Å². The van der Waals surface area contributed by atoms with Crippen LogP contribution in [0.2, 0.25) is 0 Å². The van der Waals surface area contributed by atoms with Gasteiger partial charge in [0.05, 0.1) is 4.90 Å². The van der Waals surface area contributed by atoms with Gasteiger partial charge in [-0.1, -0.05) is 12.8 Å². The second-order valence-corrected chi connectivity index (χ2v) is 10.1. The molecule has 0 saturated carbocycles. The molecule has 0 bridgehead atoms. The third-order valence-electron chi connectivity index (χ3n) is 6.03. The van der Waals surface area contributed by atoms with Gasteiger partial charge in [-0.25, -0.2) is 12.8 Å². The Morgan fingerprint density at radius 2 is 1.52 bits per heavy atom. The van der Waals surface area contributed by atoms with Gasteiger partial charge in [-0.05, 0) is 74.2 Å². The summed E-state index contributed by atoms with van der Waals surface area (Å²) >= 11 is 0. The summed E-state index contributed by atoms with van der Waals surface area (Å²) < 4.78 is 40.4. The van der Waals surface area contributed by atoms with Gasteiger partial charge in [-0.2, -0.15) is 4.31 Å². The first-order chi connectivity index (χ1) is 14.9. The van der Waals surface area contributed by atoms with E-state index in [4.69, 9.17) is 0 Å². The highest BCUT2D eigenvalue weighted by atomic mass is 32.2. The molecule has 0 aliphatic carbocycles. The summed E-state index contributed by atoms with van der Waals surface area (Å²) in [4.78, 5) is 15.3. The van der Waals surface area contributed by atoms with Crippen LogP contribution in [0.4, 0.5) is 15.8 Å². The maximum Gasteiger partial charge on any atom is 0.243 e. The summed E-state index contributed by atoms with van der Waals surface area (Å²) in [7, 11) is -3.87. The largest absolute Gasteiger partial charge is 0.372 e. The molecular weight excluding hydrogens is 417 g/mol. The van der Waals surface area contributed by atoms with Crippen LogP contribution in [0, 0.1) is 5.82 Å². The minimum Gasteiger partial charge on any atom is -0.372 e. The first-order valence-electron chi connectivity index (χ1n) is 10.9. The highest BCUT2D eigenvalue weighted by molar-refractivity contribution is 7.89. The molecule has 4 rings (SSSR count). The summed E-state index contributed by atoms with van der Waals surface area (Å²) in [5.74, 6) is -0.844. The van der Waals surface area contributed by atoms with Gasteiger partial charge in [0.1, 0.15) is 11.9 Å². The van der Waals surface area contributed by atoms with Gasteiger partial charge in [0.25, 0.3) is 0 Å². The van der Waals surface area contributed by atoms with Crippen molar-refractivity contribution >= 4 is 27.3 Å². The number of benzene rings is 2. The Hall–Kier alpha value is -2.45. The number of carbonyl (C=O) groups is 1. The lowest BCUT2D eigenvalue weighted by atomic mass is 10.2. The fourth-order valence-corrected chi connectivity index (χ4v) is 6.00. The van der Waals surface area contributed by atoms with Crippen LogP contribution in [0.3, 0.4) is 0 Å². The van der Waals surface area contributed by atoms with E-state index < -0.39 is 21.9 Å². The Kier molecular flexibility index (Phi) is 6.57. The van der Waals surface area contributed by atoms with Crippen LogP contribution in [-0.4, -0.2) is 44.3 Å². The molecule has 2 aromatic rings. The van der Waals surface area contributed by atoms with E-state index >= 15 is 0 Å². The lowest BCUT2D eigenvalue weighted by Gasteiger charge is -2.24. The van der Waals surface area contributed by atoms with E-state index in [1.807, 2.05) is 24.3 Å². The van der Waals surface area contributed by atoms with Crippen LogP contribution in [0.25, 0.3) is 0 Å². The van der Waals surface area contributed by atoms with Crippen molar-refractivity contribution in [2.24, 2.45) is 0 Å². The van der Waals surface area contributed by atoms with Crippen molar-refractivity contribution in [2.75, 3.05) is 29.9 Å². The molecule has 8 heteroatoms. The highest BCUT2D eigenvalue weighted by Gasteiger charge is 2.39. The monoisotopic (exact) mass is 445 g/mol. The van der Waals surface area contributed by atoms with Crippen molar-refractivity contribution in [1.29, 1.82) is 0 Å². The van der Waals surface area contributed by atoms with Gasteiger partial charge in [-0.3, -0.25) is 4.79 Å². The van der Waals surface area contributed by atoms with Gasteiger partial charge in [0, 0.05) is 31.0 Å². The fourth-order valence-electron chi connectivity index (χ4n) is 4.34. The molecule has 0 spiro atoms. The molecule has 2 heterocycles.